The maximum atomic E-state index is 10.2. The molecule has 0 aromatic heterocycles. The average Bonchev–Trinajstić information content (AvgIpc) is 1.97. The largest absolute Gasteiger partial charge is 0.478 e. The molecular weight excluding hydrogens is 154 g/mol. The quantitative estimate of drug-likeness (QED) is 0.356. The molecule has 0 amide bonds. The van der Waals surface area contributed by atoms with Gasteiger partial charge in [-0.3, -0.25) is 0 Å². The zero-order valence-corrected chi connectivity index (χ0v) is 7.34. The van der Waals surface area contributed by atoms with E-state index in [0.29, 0.717) is 6.54 Å². The van der Waals surface area contributed by atoms with Crippen molar-refractivity contribution in [1.82, 2.24) is 5.32 Å². The molecular formula is C9H15NO2. The second-order valence-electron chi connectivity index (χ2n) is 2.58. The molecule has 0 aliphatic rings. The van der Waals surface area contributed by atoms with Gasteiger partial charge < -0.3 is 10.4 Å². The zero-order valence-electron chi connectivity index (χ0n) is 7.34. The monoisotopic (exact) mass is 169 g/mol. The number of aliphatic carboxylic acids is 1. The van der Waals surface area contributed by atoms with Gasteiger partial charge in [-0.25, -0.2) is 4.79 Å². The molecule has 0 unspecified atom stereocenters. The standard InChI is InChI=1S/C9H15NO2/c1-3-4-5-10-7-8(2)6-9(11)12/h3,6,10H,1,4-5,7H2,2H3,(H,11,12)/b8-6-. The van der Waals surface area contributed by atoms with Gasteiger partial charge in [0.1, 0.15) is 0 Å². The van der Waals surface area contributed by atoms with E-state index in [1.54, 1.807) is 6.92 Å². The van der Waals surface area contributed by atoms with E-state index in [1.165, 1.54) is 6.08 Å². The Morgan fingerprint density at radius 3 is 2.83 bits per heavy atom. The van der Waals surface area contributed by atoms with E-state index in [1.807, 2.05) is 6.08 Å². The predicted octanol–water partition coefficient (Wildman–Crippen LogP) is 1.18. The van der Waals surface area contributed by atoms with Crippen LogP contribution < -0.4 is 5.32 Å². The number of rotatable bonds is 6. The number of hydrogen-bond acceptors (Lipinski definition) is 2. The van der Waals surface area contributed by atoms with Crippen LogP contribution in [0, 0.1) is 0 Å². The minimum atomic E-state index is -0.891. The molecule has 3 heteroatoms. The molecule has 0 saturated carbocycles. The van der Waals surface area contributed by atoms with Crippen molar-refractivity contribution >= 4 is 5.97 Å². The normalized spacial score (nSPS) is 11.2. The number of carbonyl (C=O) groups is 1. The maximum absolute atomic E-state index is 10.2. The van der Waals surface area contributed by atoms with Gasteiger partial charge in [0.2, 0.25) is 0 Å². The van der Waals surface area contributed by atoms with E-state index in [-0.39, 0.29) is 0 Å². The maximum Gasteiger partial charge on any atom is 0.328 e. The van der Waals surface area contributed by atoms with Crippen molar-refractivity contribution in [2.24, 2.45) is 0 Å². The Hall–Kier alpha value is -1.09. The molecule has 12 heavy (non-hydrogen) atoms. The first kappa shape index (κ1) is 10.9. The van der Waals surface area contributed by atoms with Crippen molar-refractivity contribution < 1.29 is 9.90 Å². The topological polar surface area (TPSA) is 49.3 Å². The minimum absolute atomic E-state index is 0.625. The number of carboxylic acid groups (broad SMARTS) is 1. The van der Waals surface area contributed by atoms with Gasteiger partial charge in [0, 0.05) is 12.6 Å². The molecule has 2 N–H and O–H groups in total. The SMILES string of the molecule is C=CCCNC/C(C)=C\C(=O)O. The van der Waals surface area contributed by atoms with E-state index in [0.717, 1.165) is 18.5 Å². The van der Waals surface area contributed by atoms with Crippen molar-refractivity contribution in [3.05, 3.63) is 24.3 Å². The summed E-state index contributed by atoms with van der Waals surface area (Å²) >= 11 is 0. The van der Waals surface area contributed by atoms with Gasteiger partial charge in [0.15, 0.2) is 0 Å². The van der Waals surface area contributed by atoms with Gasteiger partial charge in [-0.2, -0.15) is 0 Å². The third-order valence-corrected chi connectivity index (χ3v) is 1.30. The highest BCUT2D eigenvalue weighted by Crippen LogP contribution is 1.89. The van der Waals surface area contributed by atoms with Gasteiger partial charge in [-0.15, -0.1) is 6.58 Å². The summed E-state index contributed by atoms with van der Waals surface area (Å²) in [4.78, 5) is 10.2. The van der Waals surface area contributed by atoms with Crippen LogP contribution in [0.4, 0.5) is 0 Å². The van der Waals surface area contributed by atoms with Gasteiger partial charge in [-0.05, 0) is 19.9 Å². The third-order valence-electron chi connectivity index (χ3n) is 1.30. The number of hydrogen-bond donors (Lipinski definition) is 2. The molecule has 0 bridgehead atoms. The highest BCUT2D eigenvalue weighted by molar-refractivity contribution is 5.80. The molecule has 0 spiro atoms. The van der Waals surface area contributed by atoms with Crippen LogP contribution >= 0.6 is 0 Å². The van der Waals surface area contributed by atoms with Crippen LogP contribution in [0.25, 0.3) is 0 Å². The first-order valence-corrected chi connectivity index (χ1v) is 3.88. The average molecular weight is 169 g/mol. The number of carboxylic acids is 1. The minimum Gasteiger partial charge on any atom is -0.478 e. The molecule has 0 radical (unpaired) electrons. The lowest BCUT2D eigenvalue weighted by molar-refractivity contribution is -0.131. The van der Waals surface area contributed by atoms with Crippen LogP contribution in [0.2, 0.25) is 0 Å². The summed E-state index contributed by atoms with van der Waals surface area (Å²) in [5, 5.41) is 11.5. The lowest BCUT2D eigenvalue weighted by Crippen LogP contribution is -2.17. The summed E-state index contributed by atoms with van der Waals surface area (Å²) in [6.45, 7) is 6.83. The molecule has 68 valence electrons. The fourth-order valence-corrected chi connectivity index (χ4v) is 0.751. The summed E-state index contributed by atoms with van der Waals surface area (Å²) in [5.74, 6) is -0.891. The van der Waals surface area contributed by atoms with Gasteiger partial charge >= 0.3 is 5.97 Å². The first-order valence-electron chi connectivity index (χ1n) is 3.88. The fraction of sp³-hybridized carbons (Fsp3) is 0.444. The van der Waals surface area contributed by atoms with Crippen molar-refractivity contribution in [3.63, 3.8) is 0 Å². The van der Waals surface area contributed by atoms with Crippen LogP contribution in [-0.2, 0) is 4.79 Å². The summed E-state index contributed by atoms with van der Waals surface area (Å²) in [5.41, 5.74) is 0.826. The van der Waals surface area contributed by atoms with Crippen LogP contribution in [0.3, 0.4) is 0 Å². The Balaban J connectivity index is 3.49. The van der Waals surface area contributed by atoms with Crippen molar-refractivity contribution in [3.8, 4) is 0 Å². The molecule has 0 aromatic rings. The third kappa shape index (κ3) is 7.02. The molecule has 0 rings (SSSR count). The van der Waals surface area contributed by atoms with E-state index < -0.39 is 5.97 Å². The Morgan fingerprint density at radius 1 is 1.67 bits per heavy atom. The van der Waals surface area contributed by atoms with Crippen LogP contribution in [0.15, 0.2) is 24.3 Å². The van der Waals surface area contributed by atoms with Crippen molar-refractivity contribution in [2.45, 2.75) is 13.3 Å². The van der Waals surface area contributed by atoms with E-state index in [2.05, 4.69) is 11.9 Å². The second-order valence-corrected chi connectivity index (χ2v) is 2.58. The summed E-state index contributed by atoms with van der Waals surface area (Å²) in [6.07, 6.45) is 3.94. The molecule has 0 aromatic carbocycles. The van der Waals surface area contributed by atoms with Crippen LogP contribution in [0.5, 0.6) is 0 Å². The second kappa shape index (κ2) is 6.61. The lowest BCUT2D eigenvalue weighted by Gasteiger charge is -2.01. The van der Waals surface area contributed by atoms with Crippen LogP contribution in [0.1, 0.15) is 13.3 Å². The van der Waals surface area contributed by atoms with Crippen molar-refractivity contribution in [1.29, 1.82) is 0 Å². The highest BCUT2D eigenvalue weighted by atomic mass is 16.4. The summed E-state index contributed by atoms with van der Waals surface area (Å²) in [7, 11) is 0. The smallest absolute Gasteiger partial charge is 0.328 e. The highest BCUT2D eigenvalue weighted by Gasteiger charge is 1.92. The first-order chi connectivity index (χ1) is 5.66. The summed E-state index contributed by atoms with van der Waals surface area (Å²) < 4.78 is 0. The molecule has 0 atom stereocenters. The number of nitrogens with one attached hydrogen (secondary N) is 1. The predicted molar refractivity (Wildman–Crippen MR) is 49.1 cm³/mol. The van der Waals surface area contributed by atoms with Gasteiger partial charge in [0.25, 0.3) is 0 Å². The van der Waals surface area contributed by atoms with E-state index >= 15 is 0 Å². The molecule has 3 nitrogen and oxygen atoms in total. The van der Waals surface area contributed by atoms with Crippen LogP contribution in [-0.4, -0.2) is 24.2 Å². The zero-order chi connectivity index (χ0) is 9.40. The Kier molecular flexibility index (Phi) is 6.01. The van der Waals surface area contributed by atoms with E-state index in [4.69, 9.17) is 5.11 Å². The van der Waals surface area contributed by atoms with Crippen molar-refractivity contribution in [2.75, 3.05) is 13.1 Å². The summed E-state index contributed by atoms with van der Waals surface area (Å²) in [6, 6.07) is 0. The van der Waals surface area contributed by atoms with Gasteiger partial charge in [-0.1, -0.05) is 11.6 Å². The molecule has 0 saturated heterocycles. The molecule has 0 heterocycles. The fourth-order valence-electron chi connectivity index (χ4n) is 0.751. The Morgan fingerprint density at radius 2 is 2.33 bits per heavy atom. The Bertz CT molecular complexity index is 185. The van der Waals surface area contributed by atoms with E-state index in [9.17, 15) is 4.79 Å². The van der Waals surface area contributed by atoms with Gasteiger partial charge in [0.05, 0.1) is 0 Å². The molecule has 0 aliphatic carbocycles. The molecule has 0 aliphatic heterocycles. The Labute approximate surface area is 72.8 Å². The molecule has 0 fully saturated rings. The lowest BCUT2D eigenvalue weighted by atomic mass is 10.3.